The van der Waals surface area contributed by atoms with Gasteiger partial charge in [0.25, 0.3) is 0 Å². The van der Waals surface area contributed by atoms with Crippen LogP contribution in [-0.2, 0) is 0 Å². The second kappa shape index (κ2) is 5.74. The summed E-state index contributed by atoms with van der Waals surface area (Å²) >= 11 is 0. The standard InChI is InChI=1S/C12H20N2/c1-2-4-10-5-3-6-11(8-7-10)12(14)9-13/h6,9-10,13-14H,2-5,7-8H2,1H3. The molecule has 0 radical (unpaired) electrons. The highest BCUT2D eigenvalue weighted by Crippen LogP contribution is 2.26. The van der Waals surface area contributed by atoms with Crippen LogP contribution in [0.2, 0.25) is 0 Å². The van der Waals surface area contributed by atoms with E-state index in [1.165, 1.54) is 25.7 Å². The molecule has 0 bridgehead atoms. The van der Waals surface area contributed by atoms with E-state index in [2.05, 4.69) is 13.0 Å². The Balaban J connectivity index is 2.48. The van der Waals surface area contributed by atoms with Crippen molar-refractivity contribution in [2.75, 3.05) is 0 Å². The molecule has 0 saturated carbocycles. The number of rotatable bonds is 4. The summed E-state index contributed by atoms with van der Waals surface area (Å²) in [7, 11) is 0. The fraction of sp³-hybridized carbons (Fsp3) is 0.667. The summed E-state index contributed by atoms with van der Waals surface area (Å²) in [4.78, 5) is 0. The van der Waals surface area contributed by atoms with E-state index in [1.54, 1.807) is 0 Å². The molecule has 0 spiro atoms. The van der Waals surface area contributed by atoms with Crippen LogP contribution in [0.5, 0.6) is 0 Å². The van der Waals surface area contributed by atoms with E-state index in [4.69, 9.17) is 10.8 Å². The summed E-state index contributed by atoms with van der Waals surface area (Å²) < 4.78 is 0. The molecule has 2 heteroatoms. The van der Waals surface area contributed by atoms with Gasteiger partial charge in [-0.05, 0) is 37.2 Å². The average molecular weight is 192 g/mol. The molecular weight excluding hydrogens is 172 g/mol. The van der Waals surface area contributed by atoms with E-state index in [0.29, 0.717) is 5.71 Å². The zero-order valence-electron chi connectivity index (χ0n) is 8.97. The highest BCUT2D eigenvalue weighted by atomic mass is 14.5. The van der Waals surface area contributed by atoms with Gasteiger partial charge in [-0.15, -0.1) is 0 Å². The smallest absolute Gasteiger partial charge is 0.0744 e. The van der Waals surface area contributed by atoms with Crippen LogP contribution in [0.25, 0.3) is 0 Å². The van der Waals surface area contributed by atoms with Gasteiger partial charge in [0, 0.05) is 6.21 Å². The fourth-order valence-corrected chi connectivity index (χ4v) is 2.13. The van der Waals surface area contributed by atoms with Gasteiger partial charge in [0.15, 0.2) is 0 Å². The Kier molecular flexibility index (Phi) is 4.57. The molecule has 78 valence electrons. The van der Waals surface area contributed by atoms with Gasteiger partial charge in [-0.25, -0.2) is 0 Å². The summed E-state index contributed by atoms with van der Waals surface area (Å²) in [6.45, 7) is 2.23. The molecule has 0 aromatic carbocycles. The molecule has 1 atom stereocenters. The molecular formula is C12H20N2. The summed E-state index contributed by atoms with van der Waals surface area (Å²) in [5, 5.41) is 14.6. The molecule has 0 aliphatic heterocycles. The molecule has 0 aromatic heterocycles. The van der Waals surface area contributed by atoms with Gasteiger partial charge in [-0.3, -0.25) is 5.41 Å². The summed E-state index contributed by atoms with van der Waals surface area (Å²) in [6.07, 6.45) is 10.5. The second-order valence-corrected chi connectivity index (χ2v) is 4.06. The van der Waals surface area contributed by atoms with Crippen LogP contribution in [0.4, 0.5) is 0 Å². The monoisotopic (exact) mass is 192 g/mol. The van der Waals surface area contributed by atoms with E-state index < -0.39 is 0 Å². The maximum absolute atomic E-state index is 7.59. The van der Waals surface area contributed by atoms with Crippen LogP contribution in [0.3, 0.4) is 0 Å². The van der Waals surface area contributed by atoms with Gasteiger partial charge in [-0.1, -0.05) is 25.8 Å². The molecule has 1 unspecified atom stereocenters. The van der Waals surface area contributed by atoms with Crippen molar-refractivity contribution in [3.05, 3.63) is 11.6 Å². The van der Waals surface area contributed by atoms with Crippen LogP contribution in [0, 0.1) is 16.7 Å². The Morgan fingerprint density at radius 2 is 2.36 bits per heavy atom. The third kappa shape index (κ3) is 3.09. The van der Waals surface area contributed by atoms with E-state index in [-0.39, 0.29) is 0 Å². The Hall–Kier alpha value is -0.920. The lowest BCUT2D eigenvalue weighted by Gasteiger charge is -2.12. The van der Waals surface area contributed by atoms with Crippen molar-refractivity contribution in [3.63, 3.8) is 0 Å². The quantitative estimate of drug-likeness (QED) is 0.640. The van der Waals surface area contributed by atoms with Crippen molar-refractivity contribution in [1.82, 2.24) is 0 Å². The Morgan fingerprint density at radius 1 is 1.57 bits per heavy atom. The number of hydrogen-bond donors (Lipinski definition) is 2. The number of nitrogens with one attached hydrogen (secondary N) is 2. The molecule has 2 N–H and O–H groups in total. The highest BCUT2D eigenvalue weighted by molar-refractivity contribution is 6.35. The van der Waals surface area contributed by atoms with Crippen molar-refractivity contribution in [2.45, 2.75) is 45.4 Å². The molecule has 0 fully saturated rings. The van der Waals surface area contributed by atoms with Gasteiger partial charge in [-0.2, -0.15) is 0 Å². The highest BCUT2D eigenvalue weighted by Gasteiger charge is 2.13. The van der Waals surface area contributed by atoms with Crippen molar-refractivity contribution in [3.8, 4) is 0 Å². The molecule has 14 heavy (non-hydrogen) atoms. The molecule has 1 rings (SSSR count). The van der Waals surface area contributed by atoms with Crippen LogP contribution < -0.4 is 0 Å². The Labute approximate surface area is 86.4 Å². The maximum atomic E-state index is 7.59. The predicted molar refractivity (Wildman–Crippen MR) is 61.5 cm³/mol. The first-order chi connectivity index (χ1) is 6.77. The largest absolute Gasteiger partial charge is 0.307 e. The number of hydrogen-bond acceptors (Lipinski definition) is 2. The minimum absolute atomic E-state index is 0.405. The lowest BCUT2D eigenvalue weighted by molar-refractivity contribution is 0.428. The first-order valence-electron chi connectivity index (χ1n) is 5.56. The Morgan fingerprint density at radius 3 is 3.00 bits per heavy atom. The molecule has 1 aliphatic rings. The topological polar surface area (TPSA) is 47.7 Å². The van der Waals surface area contributed by atoms with Crippen molar-refractivity contribution in [1.29, 1.82) is 10.8 Å². The average Bonchev–Trinajstić information content (AvgIpc) is 2.43. The Bertz CT molecular complexity index is 241. The fourth-order valence-electron chi connectivity index (χ4n) is 2.13. The lowest BCUT2D eigenvalue weighted by atomic mass is 9.94. The lowest BCUT2D eigenvalue weighted by Crippen LogP contribution is -2.03. The van der Waals surface area contributed by atoms with Gasteiger partial charge < -0.3 is 5.41 Å². The van der Waals surface area contributed by atoms with Crippen LogP contribution in [-0.4, -0.2) is 11.9 Å². The summed E-state index contributed by atoms with van der Waals surface area (Å²) in [6, 6.07) is 0. The minimum atomic E-state index is 0.405. The van der Waals surface area contributed by atoms with Crippen LogP contribution in [0.1, 0.15) is 45.4 Å². The zero-order valence-corrected chi connectivity index (χ0v) is 8.97. The van der Waals surface area contributed by atoms with Crippen molar-refractivity contribution in [2.24, 2.45) is 5.92 Å². The van der Waals surface area contributed by atoms with Gasteiger partial charge in [0.05, 0.1) is 5.71 Å². The van der Waals surface area contributed by atoms with Crippen molar-refractivity contribution >= 4 is 11.9 Å². The predicted octanol–water partition coefficient (Wildman–Crippen LogP) is 3.57. The van der Waals surface area contributed by atoms with Gasteiger partial charge in [0.1, 0.15) is 0 Å². The van der Waals surface area contributed by atoms with E-state index >= 15 is 0 Å². The second-order valence-electron chi connectivity index (χ2n) is 4.06. The van der Waals surface area contributed by atoms with Gasteiger partial charge in [0.2, 0.25) is 0 Å². The minimum Gasteiger partial charge on any atom is -0.307 e. The molecule has 0 saturated heterocycles. The SMILES string of the molecule is CCCC1CCC=C(C(=N)C=N)CC1. The summed E-state index contributed by atoms with van der Waals surface area (Å²) in [5.41, 5.74) is 1.49. The first-order valence-corrected chi connectivity index (χ1v) is 5.56. The third-order valence-electron chi connectivity index (χ3n) is 2.97. The van der Waals surface area contributed by atoms with Gasteiger partial charge >= 0.3 is 0 Å². The van der Waals surface area contributed by atoms with Crippen LogP contribution >= 0.6 is 0 Å². The normalized spacial score (nSPS) is 22.4. The third-order valence-corrected chi connectivity index (χ3v) is 2.97. The molecule has 0 aromatic rings. The zero-order chi connectivity index (χ0) is 10.4. The van der Waals surface area contributed by atoms with Crippen LogP contribution in [0.15, 0.2) is 11.6 Å². The summed E-state index contributed by atoms with van der Waals surface area (Å²) in [5.74, 6) is 0.840. The molecule has 0 amide bonds. The van der Waals surface area contributed by atoms with E-state index in [9.17, 15) is 0 Å². The van der Waals surface area contributed by atoms with E-state index in [0.717, 1.165) is 30.5 Å². The molecule has 0 heterocycles. The maximum Gasteiger partial charge on any atom is 0.0744 e. The first kappa shape index (κ1) is 11.2. The molecule has 1 aliphatic carbocycles. The number of allylic oxidation sites excluding steroid dienone is 2. The van der Waals surface area contributed by atoms with E-state index in [1.807, 2.05) is 0 Å². The van der Waals surface area contributed by atoms with Crippen molar-refractivity contribution < 1.29 is 0 Å². The molecule has 2 nitrogen and oxygen atoms in total.